The van der Waals surface area contributed by atoms with Gasteiger partial charge >= 0.3 is 0 Å². The fraction of sp³-hybridized carbons (Fsp3) is 0.667. The number of hydrogen-bond donors (Lipinski definition) is 2. The summed E-state index contributed by atoms with van der Waals surface area (Å²) < 4.78 is 16.8. The molecular formula is C21H36N4O3. The molecule has 0 bridgehead atoms. The van der Waals surface area contributed by atoms with Crippen molar-refractivity contribution in [2.24, 2.45) is 4.99 Å². The topological polar surface area (TPSA) is 67.4 Å². The first-order valence-electron chi connectivity index (χ1n) is 10.1. The van der Waals surface area contributed by atoms with Crippen LogP contribution in [0.25, 0.3) is 0 Å². The second-order valence-corrected chi connectivity index (χ2v) is 7.16. The largest absolute Gasteiger partial charge is 0.496 e. The molecule has 7 heteroatoms. The first-order valence-corrected chi connectivity index (χ1v) is 10.1. The average molecular weight is 393 g/mol. The highest BCUT2D eigenvalue weighted by atomic mass is 16.5. The molecule has 2 rings (SSSR count). The van der Waals surface area contributed by atoms with Gasteiger partial charge in [0.05, 0.1) is 25.9 Å². The van der Waals surface area contributed by atoms with Crippen LogP contribution in [0.4, 0.5) is 0 Å². The highest BCUT2D eigenvalue weighted by Crippen LogP contribution is 2.27. The van der Waals surface area contributed by atoms with Crippen LogP contribution in [0.2, 0.25) is 0 Å². The SMILES string of the molecule is CN=C(NCCCOCC1CCCO1)NCC(c1ccccc1OC)N(C)C. The third kappa shape index (κ3) is 7.30. The van der Waals surface area contributed by atoms with Gasteiger partial charge in [-0.25, -0.2) is 0 Å². The second kappa shape index (κ2) is 12.6. The average Bonchev–Trinajstić information content (AvgIpc) is 3.22. The fourth-order valence-electron chi connectivity index (χ4n) is 3.30. The molecule has 7 nitrogen and oxygen atoms in total. The molecule has 2 N–H and O–H groups in total. The Hall–Kier alpha value is -1.83. The van der Waals surface area contributed by atoms with Gasteiger partial charge in [0.2, 0.25) is 0 Å². The third-order valence-corrected chi connectivity index (χ3v) is 4.89. The summed E-state index contributed by atoms with van der Waals surface area (Å²) in [5.41, 5.74) is 1.15. The van der Waals surface area contributed by atoms with Crippen LogP contribution in [0.3, 0.4) is 0 Å². The van der Waals surface area contributed by atoms with Gasteiger partial charge in [-0.1, -0.05) is 18.2 Å². The van der Waals surface area contributed by atoms with Crippen molar-refractivity contribution in [2.45, 2.75) is 31.4 Å². The molecule has 0 radical (unpaired) electrons. The lowest BCUT2D eigenvalue weighted by Crippen LogP contribution is -2.42. The number of likely N-dealkylation sites (N-methyl/N-ethyl adjacent to an activating group) is 1. The number of rotatable bonds is 11. The fourth-order valence-corrected chi connectivity index (χ4v) is 3.30. The monoisotopic (exact) mass is 392 g/mol. The Balaban J connectivity index is 1.71. The number of ether oxygens (including phenoxy) is 3. The highest BCUT2D eigenvalue weighted by molar-refractivity contribution is 5.79. The van der Waals surface area contributed by atoms with Gasteiger partial charge in [-0.05, 0) is 39.4 Å². The molecule has 1 aliphatic heterocycles. The van der Waals surface area contributed by atoms with Crippen molar-refractivity contribution in [3.8, 4) is 5.75 Å². The van der Waals surface area contributed by atoms with Gasteiger partial charge in [0.25, 0.3) is 0 Å². The summed E-state index contributed by atoms with van der Waals surface area (Å²) in [4.78, 5) is 6.50. The molecule has 2 atom stereocenters. The molecule has 158 valence electrons. The van der Waals surface area contributed by atoms with Crippen LogP contribution in [0.1, 0.15) is 30.9 Å². The van der Waals surface area contributed by atoms with Crippen molar-refractivity contribution in [3.05, 3.63) is 29.8 Å². The molecule has 0 spiro atoms. The highest BCUT2D eigenvalue weighted by Gasteiger charge is 2.18. The molecule has 2 unspecified atom stereocenters. The van der Waals surface area contributed by atoms with E-state index >= 15 is 0 Å². The second-order valence-electron chi connectivity index (χ2n) is 7.16. The van der Waals surface area contributed by atoms with Crippen molar-refractivity contribution < 1.29 is 14.2 Å². The molecule has 0 saturated carbocycles. The number of hydrogen-bond acceptors (Lipinski definition) is 5. The van der Waals surface area contributed by atoms with E-state index in [9.17, 15) is 0 Å². The normalized spacial score (nSPS) is 18.3. The van der Waals surface area contributed by atoms with E-state index in [-0.39, 0.29) is 6.04 Å². The van der Waals surface area contributed by atoms with E-state index < -0.39 is 0 Å². The maximum absolute atomic E-state index is 5.70. The van der Waals surface area contributed by atoms with E-state index in [0.29, 0.717) is 12.7 Å². The Kier molecular flexibility index (Phi) is 10.1. The summed E-state index contributed by atoms with van der Waals surface area (Å²) in [7, 11) is 7.64. The molecule has 1 aliphatic rings. The first-order chi connectivity index (χ1) is 13.7. The molecule has 1 saturated heterocycles. The lowest BCUT2D eigenvalue weighted by molar-refractivity contribution is 0.0168. The van der Waals surface area contributed by atoms with E-state index in [0.717, 1.165) is 62.8 Å². The Morgan fingerprint density at radius 2 is 2.14 bits per heavy atom. The maximum Gasteiger partial charge on any atom is 0.191 e. The predicted octanol–water partition coefficient (Wildman–Crippen LogP) is 2.05. The van der Waals surface area contributed by atoms with Crippen LogP contribution < -0.4 is 15.4 Å². The number of methoxy groups -OCH3 is 1. The van der Waals surface area contributed by atoms with Crippen LogP contribution in [0.15, 0.2) is 29.3 Å². The molecule has 1 fully saturated rings. The summed E-state index contributed by atoms with van der Waals surface area (Å²) in [5.74, 6) is 1.69. The van der Waals surface area contributed by atoms with Crippen molar-refractivity contribution in [1.82, 2.24) is 15.5 Å². The molecule has 1 aromatic carbocycles. The summed E-state index contributed by atoms with van der Waals surface area (Å²) in [6, 6.07) is 8.30. The minimum atomic E-state index is 0.171. The third-order valence-electron chi connectivity index (χ3n) is 4.89. The number of aliphatic imine (C=N–C) groups is 1. The summed E-state index contributed by atoms with van der Waals surface area (Å²) in [6.45, 7) is 3.84. The van der Waals surface area contributed by atoms with Gasteiger partial charge in [0, 0.05) is 38.9 Å². The van der Waals surface area contributed by atoms with Gasteiger partial charge in [-0.15, -0.1) is 0 Å². The van der Waals surface area contributed by atoms with Crippen LogP contribution in [0, 0.1) is 0 Å². The van der Waals surface area contributed by atoms with Crippen LogP contribution in [0.5, 0.6) is 5.75 Å². The molecule has 0 aliphatic carbocycles. The summed E-state index contributed by atoms with van der Waals surface area (Å²) in [5, 5.41) is 6.77. The summed E-state index contributed by atoms with van der Waals surface area (Å²) >= 11 is 0. The van der Waals surface area contributed by atoms with Gasteiger partial charge < -0.3 is 29.7 Å². The van der Waals surface area contributed by atoms with E-state index in [1.807, 2.05) is 18.2 Å². The number of guanidine groups is 1. The molecule has 28 heavy (non-hydrogen) atoms. The Morgan fingerprint density at radius 3 is 2.82 bits per heavy atom. The van der Waals surface area contributed by atoms with Crippen LogP contribution >= 0.6 is 0 Å². The first kappa shape index (κ1) is 22.5. The van der Waals surface area contributed by atoms with Crippen LogP contribution in [-0.2, 0) is 9.47 Å². The standard InChI is InChI=1S/C21H36N4O3/c1-22-21(23-12-8-13-27-16-17-9-7-14-28-17)24-15-19(25(2)3)18-10-5-6-11-20(18)26-4/h5-6,10-11,17,19H,7-9,12-16H2,1-4H3,(H2,22,23,24). The van der Waals surface area contributed by atoms with Crippen molar-refractivity contribution in [3.63, 3.8) is 0 Å². The Labute approximate surface area is 169 Å². The minimum absolute atomic E-state index is 0.171. The maximum atomic E-state index is 5.70. The minimum Gasteiger partial charge on any atom is -0.496 e. The van der Waals surface area contributed by atoms with Gasteiger partial charge in [-0.2, -0.15) is 0 Å². The van der Waals surface area contributed by atoms with E-state index in [4.69, 9.17) is 14.2 Å². The zero-order chi connectivity index (χ0) is 20.2. The van der Waals surface area contributed by atoms with Crippen molar-refractivity contribution >= 4 is 5.96 Å². The van der Waals surface area contributed by atoms with E-state index in [1.165, 1.54) is 0 Å². The predicted molar refractivity (Wildman–Crippen MR) is 113 cm³/mol. The van der Waals surface area contributed by atoms with Gasteiger partial charge in [0.15, 0.2) is 5.96 Å². The van der Waals surface area contributed by atoms with Gasteiger partial charge in [-0.3, -0.25) is 4.99 Å². The lowest BCUT2D eigenvalue weighted by Gasteiger charge is -2.27. The smallest absolute Gasteiger partial charge is 0.191 e. The molecule has 1 aromatic rings. The van der Waals surface area contributed by atoms with Crippen molar-refractivity contribution in [2.75, 3.05) is 61.2 Å². The Bertz CT molecular complexity index is 589. The molecule has 0 amide bonds. The Morgan fingerprint density at radius 1 is 1.32 bits per heavy atom. The molecule has 1 heterocycles. The zero-order valence-electron chi connectivity index (χ0n) is 17.7. The lowest BCUT2D eigenvalue weighted by atomic mass is 10.0. The number of benzene rings is 1. The molecule has 0 aromatic heterocycles. The van der Waals surface area contributed by atoms with Crippen LogP contribution in [-0.4, -0.2) is 78.1 Å². The van der Waals surface area contributed by atoms with Gasteiger partial charge in [0.1, 0.15) is 5.75 Å². The van der Waals surface area contributed by atoms with Crippen molar-refractivity contribution in [1.29, 1.82) is 0 Å². The molecular weight excluding hydrogens is 356 g/mol. The number of para-hydroxylation sites is 1. The zero-order valence-corrected chi connectivity index (χ0v) is 17.7. The number of nitrogens with one attached hydrogen (secondary N) is 2. The quantitative estimate of drug-likeness (QED) is 0.341. The van der Waals surface area contributed by atoms with E-state index in [2.05, 4.69) is 40.7 Å². The van der Waals surface area contributed by atoms with E-state index in [1.54, 1.807) is 14.2 Å². The summed E-state index contributed by atoms with van der Waals surface area (Å²) in [6.07, 6.45) is 3.49. The number of nitrogens with zero attached hydrogens (tertiary/aromatic N) is 2.